The average Bonchev–Trinajstić information content (AvgIpc) is 2.40. The number of nitrogens with one attached hydrogen (secondary N) is 1. The summed E-state index contributed by atoms with van der Waals surface area (Å²) in [5.41, 5.74) is 0.167. The summed E-state index contributed by atoms with van der Waals surface area (Å²) in [6.45, 7) is 1.97. The van der Waals surface area contributed by atoms with E-state index >= 15 is 0 Å². The van der Waals surface area contributed by atoms with Crippen molar-refractivity contribution in [3.8, 4) is 0 Å². The first kappa shape index (κ1) is 13.5. The molecule has 5 heteroatoms. The molecular formula is C14H18N2O3. The van der Waals surface area contributed by atoms with E-state index in [1.165, 1.54) is 24.9 Å². The lowest BCUT2D eigenvalue weighted by Gasteiger charge is -2.31. The molecule has 1 aliphatic carbocycles. The van der Waals surface area contributed by atoms with E-state index in [-0.39, 0.29) is 16.9 Å². The van der Waals surface area contributed by atoms with E-state index < -0.39 is 5.97 Å². The van der Waals surface area contributed by atoms with Crippen molar-refractivity contribution >= 4 is 17.6 Å². The second kappa shape index (κ2) is 5.38. The highest BCUT2D eigenvalue weighted by Crippen LogP contribution is 2.36. The third-order valence-corrected chi connectivity index (χ3v) is 3.75. The number of nitrogens with zero attached hydrogens (tertiary/aromatic N) is 1. The quantitative estimate of drug-likeness (QED) is 0.877. The van der Waals surface area contributed by atoms with Gasteiger partial charge in [0.2, 0.25) is 5.91 Å². The number of aromatic carboxylic acids is 1. The molecule has 19 heavy (non-hydrogen) atoms. The summed E-state index contributed by atoms with van der Waals surface area (Å²) in [5, 5.41) is 11.7. The summed E-state index contributed by atoms with van der Waals surface area (Å²) in [6, 6.07) is 1.43. The van der Waals surface area contributed by atoms with E-state index in [1.807, 2.05) is 6.92 Å². The van der Waals surface area contributed by atoms with Crippen LogP contribution in [0.5, 0.6) is 0 Å². The number of carbonyl (C=O) groups excluding carboxylic acids is 1. The normalized spacial score (nSPS) is 17.7. The number of hydrogen-bond donors (Lipinski definition) is 2. The lowest BCUT2D eigenvalue weighted by Crippen LogP contribution is -2.35. The predicted molar refractivity (Wildman–Crippen MR) is 71.0 cm³/mol. The first-order valence-electron chi connectivity index (χ1n) is 6.51. The number of aromatic nitrogens is 1. The topological polar surface area (TPSA) is 79.3 Å². The van der Waals surface area contributed by atoms with Crippen LogP contribution in [0, 0.1) is 5.41 Å². The largest absolute Gasteiger partial charge is 0.478 e. The summed E-state index contributed by atoms with van der Waals surface area (Å²) in [6.07, 6.45) is 7.81. The molecule has 0 aliphatic heterocycles. The third-order valence-electron chi connectivity index (χ3n) is 3.75. The summed E-state index contributed by atoms with van der Waals surface area (Å²) in [4.78, 5) is 27.0. The maximum atomic E-state index is 12.3. The predicted octanol–water partition coefficient (Wildman–Crippen LogP) is 2.69. The molecule has 0 bridgehead atoms. The zero-order chi connectivity index (χ0) is 13.9. The van der Waals surface area contributed by atoms with Gasteiger partial charge in [-0.1, -0.05) is 26.2 Å². The molecule has 0 radical (unpaired) electrons. The second-order valence-electron chi connectivity index (χ2n) is 5.34. The molecule has 1 amide bonds. The van der Waals surface area contributed by atoms with Crippen molar-refractivity contribution in [2.75, 3.05) is 5.32 Å². The molecule has 0 spiro atoms. The van der Waals surface area contributed by atoms with Crippen molar-refractivity contribution in [3.05, 3.63) is 24.0 Å². The van der Waals surface area contributed by atoms with Gasteiger partial charge < -0.3 is 10.4 Å². The van der Waals surface area contributed by atoms with Crippen LogP contribution in [-0.2, 0) is 4.79 Å². The monoisotopic (exact) mass is 262 g/mol. The van der Waals surface area contributed by atoms with Gasteiger partial charge in [0.05, 0.1) is 17.4 Å². The molecule has 0 unspecified atom stereocenters. The minimum Gasteiger partial charge on any atom is -0.478 e. The van der Waals surface area contributed by atoms with E-state index in [4.69, 9.17) is 5.11 Å². The maximum Gasteiger partial charge on any atom is 0.337 e. The highest BCUT2D eigenvalue weighted by atomic mass is 16.4. The smallest absolute Gasteiger partial charge is 0.337 e. The molecule has 0 aromatic carbocycles. The Hall–Kier alpha value is -1.91. The summed E-state index contributed by atoms with van der Waals surface area (Å²) >= 11 is 0. The number of carbonyl (C=O) groups is 2. The van der Waals surface area contributed by atoms with Gasteiger partial charge in [0.25, 0.3) is 0 Å². The zero-order valence-electron chi connectivity index (χ0n) is 11.0. The van der Waals surface area contributed by atoms with Gasteiger partial charge in [0, 0.05) is 11.6 Å². The maximum absolute atomic E-state index is 12.3. The van der Waals surface area contributed by atoms with E-state index in [2.05, 4.69) is 10.3 Å². The average molecular weight is 262 g/mol. The molecule has 2 rings (SSSR count). The molecule has 1 aromatic rings. The molecule has 0 saturated heterocycles. The molecule has 1 heterocycles. The van der Waals surface area contributed by atoms with E-state index in [9.17, 15) is 9.59 Å². The number of carboxylic acid groups (broad SMARTS) is 1. The van der Waals surface area contributed by atoms with Crippen LogP contribution in [0.3, 0.4) is 0 Å². The Labute approximate surface area is 112 Å². The SMILES string of the molecule is CC1(C(=O)Nc2cncc(C(=O)O)c2)CCCCC1. The van der Waals surface area contributed by atoms with Gasteiger partial charge in [-0.05, 0) is 18.9 Å². The van der Waals surface area contributed by atoms with Gasteiger partial charge in [-0.25, -0.2) is 4.79 Å². The number of amides is 1. The number of pyridine rings is 1. The Morgan fingerprint density at radius 1 is 1.26 bits per heavy atom. The number of carboxylic acids is 1. The van der Waals surface area contributed by atoms with Gasteiger partial charge in [0.1, 0.15) is 0 Å². The molecule has 1 saturated carbocycles. The van der Waals surface area contributed by atoms with Gasteiger partial charge in [-0.3, -0.25) is 9.78 Å². The van der Waals surface area contributed by atoms with Crippen LogP contribution < -0.4 is 5.32 Å². The summed E-state index contributed by atoms with van der Waals surface area (Å²) in [5.74, 6) is -1.09. The van der Waals surface area contributed by atoms with Crippen LogP contribution >= 0.6 is 0 Å². The Morgan fingerprint density at radius 3 is 2.58 bits per heavy atom. The first-order valence-corrected chi connectivity index (χ1v) is 6.51. The fourth-order valence-electron chi connectivity index (χ4n) is 2.47. The lowest BCUT2D eigenvalue weighted by atomic mass is 9.75. The van der Waals surface area contributed by atoms with Crippen molar-refractivity contribution in [2.45, 2.75) is 39.0 Å². The van der Waals surface area contributed by atoms with E-state index in [0.717, 1.165) is 25.7 Å². The molecule has 1 fully saturated rings. The Balaban J connectivity index is 2.10. The Bertz CT molecular complexity index is 493. The fraction of sp³-hybridized carbons (Fsp3) is 0.500. The Morgan fingerprint density at radius 2 is 1.95 bits per heavy atom. The van der Waals surface area contributed by atoms with Gasteiger partial charge in [-0.2, -0.15) is 0 Å². The van der Waals surface area contributed by atoms with Crippen molar-refractivity contribution in [1.82, 2.24) is 4.98 Å². The molecule has 102 valence electrons. The zero-order valence-corrected chi connectivity index (χ0v) is 11.0. The fourth-order valence-corrected chi connectivity index (χ4v) is 2.47. The first-order chi connectivity index (χ1) is 9.01. The number of rotatable bonds is 3. The van der Waals surface area contributed by atoms with Crippen LogP contribution in [-0.4, -0.2) is 22.0 Å². The highest BCUT2D eigenvalue weighted by Gasteiger charge is 2.34. The van der Waals surface area contributed by atoms with Crippen LogP contribution in [0.15, 0.2) is 18.5 Å². The number of anilines is 1. The van der Waals surface area contributed by atoms with Crippen molar-refractivity contribution < 1.29 is 14.7 Å². The van der Waals surface area contributed by atoms with Crippen LogP contribution in [0.4, 0.5) is 5.69 Å². The van der Waals surface area contributed by atoms with E-state index in [0.29, 0.717) is 5.69 Å². The highest BCUT2D eigenvalue weighted by molar-refractivity contribution is 5.96. The summed E-state index contributed by atoms with van der Waals surface area (Å²) in [7, 11) is 0. The van der Waals surface area contributed by atoms with Crippen LogP contribution in [0.1, 0.15) is 49.4 Å². The lowest BCUT2D eigenvalue weighted by molar-refractivity contribution is -0.126. The van der Waals surface area contributed by atoms with Crippen molar-refractivity contribution in [2.24, 2.45) is 5.41 Å². The van der Waals surface area contributed by atoms with Crippen LogP contribution in [0.2, 0.25) is 0 Å². The van der Waals surface area contributed by atoms with Gasteiger partial charge in [-0.15, -0.1) is 0 Å². The van der Waals surface area contributed by atoms with Crippen molar-refractivity contribution in [3.63, 3.8) is 0 Å². The molecule has 5 nitrogen and oxygen atoms in total. The van der Waals surface area contributed by atoms with Gasteiger partial charge in [0.15, 0.2) is 0 Å². The summed E-state index contributed by atoms with van der Waals surface area (Å²) < 4.78 is 0. The van der Waals surface area contributed by atoms with Crippen molar-refractivity contribution in [1.29, 1.82) is 0 Å². The standard InChI is InChI=1S/C14H18N2O3/c1-14(5-3-2-4-6-14)13(19)16-11-7-10(12(17)18)8-15-9-11/h7-9H,2-6H2,1H3,(H,16,19)(H,17,18). The van der Waals surface area contributed by atoms with E-state index in [1.54, 1.807) is 0 Å². The molecule has 1 aliphatic rings. The third kappa shape index (κ3) is 3.10. The molecule has 0 atom stereocenters. The minimum absolute atomic E-state index is 0.0449. The second-order valence-corrected chi connectivity index (χ2v) is 5.34. The Kier molecular flexibility index (Phi) is 3.83. The molecule has 1 aromatic heterocycles. The molecule has 2 N–H and O–H groups in total. The minimum atomic E-state index is -1.05. The number of hydrogen-bond acceptors (Lipinski definition) is 3. The van der Waals surface area contributed by atoms with Crippen LogP contribution in [0.25, 0.3) is 0 Å². The molecular weight excluding hydrogens is 244 g/mol. The van der Waals surface area contributed by atoms with Gasteiger partial charge >= 0.3 is 5.97 Å².